The number of carbonyl (C=O) groups excluding carboxylic acids is 2. The van der Waals surface area contributed by atoms with E-state index in [0.29, 0.717) is 56.8 Å². The van der Waals surface area contributed by atoms with Gasteiger partial charge in [-0.2, -0.15) is 4.31 Å². The van der Waals surface area contributed by atoms with Crippen molar-refractivity contribution in [1.29, 1.82) is 0 Å². The smallest absolute Gasteiger partial charge is 0.243 e. The number of rotatable bonds is 5. The van der Waals surface area contributed by atoms with E-state index in [1.165, 1.54) is 17.3 Å². The van der Waals surface area contributed by atoms with E-state index >= 15 is 0 Å². The Morgan fingerprint density at radius 2 is 1.66 bits per heavy atom. The molecule has 0 aliphatic carbocycles. The summed E-state index contributed by atoms with van der Waals surface area (Å²) >= 11 is 0. The molecule has 2 aliphatic rings. The van der Waals surface area contributed by atoms with Gasteiger partial charge in [-0.1, -0.05) is 18.2 Å². The van der Waals surface area contributed by atoms with Gasteiger partial charge < -0.3 is 9.80 Å². The summed E-state index contributed by atoms with van der Waals surface area (Å²) in [6.07, 6.45) is 1.13. The van der Waals surface area contributed by atoms with Crippen molar-refractivity contribution in [2.24, 2.45) is 0 Å². The van der Waals surface area contributed by atoms with Crippen LogP contribution in [0, 0.1) is 5.82 Å². The first kappa shape index (κ1) is 22.4. The highest BCUT2D eigenvalue weighted by Crippen LogP contribution is 2.28. The first-order chi connectivity index (χ1) is 15.3. The third kappa shape index (κ3) is 4.27. The molecule has 0 N–H and O–H groups in total. The zero-order valence-electron chi connectivity index (χ0n) is 17.9. The quantitative estimate of drug-likeness (QED) is 0.642. The molecule has 170 valence electrons. The summed E-state index contributed by atoms with van der Waals surface area (Å²) in [5.74, 6) is -0.861. The van der Waals surface area contributed by atoms with Gasteiger partial charge in [0.05, 0.1) is 10.6 Å². The molecule has 2 fully saturated rings. The van der Waals surface area contributed by atoms with Crippen LogP contribution < -0.4 is 4.90 Å². The van der Waals surface area contributed by atoms with Gasteiger partial charge >= 0.3 is 0 Å². The average molecular weight is 460 g/mol. The van der Waals surface area contributed by atoms with Crippen LogP contribution >= 0.6 is 0 Å². The lowest BCUT2D eigenvalue weighted by molar-refractivity contribution is -0.134. The second kappa shape index (κ2) is 8.99. The Bertz CT molecular complexity index is 1120. The average Bonchev–Trinajstić information content (AvgIpc) is 3.30. The topological polar surface area (TPSA) is 78.0 Å². The zero-order valence-corrected chi connectivity index (χ0v) is 18.7. The van der Waals surface area contributed by atoms with Crippen LogP contribution in [-0.2, 0) is 14.8 Å². The van der Waals surface area contributed by atoms with Crippen molar-refractivity contribution < 1.29 is 22.4 Å². The molecule has 0 spiro atoms. The third-order valence-corrected chi connectivity index (χ3v) is 8.05. The van der Waals surface area contributed by atoms with Crippen LogP contribution in [0.15, 0.2) is 53.4 Å². The van der Waals surface area contributed by atoms with E-state index in [2.05, 4.69) is 0 Å². The summed E-state index contributed by atoms with van der Waals surface area (Å²) in [6, 6.07) is 11.9. The molecule has 2 saturated heterocycles. The van der Waals surface area contributed by atoms with Gasteiger partial charge in [-0.15, -0.1) is 0 Å². The van der Waals surface area contributed by atoms with Gasteiger partial charge in [-0.05, 0) is 50.1 Å². The largest absolute Gasteiger partial charge is 0.366 e. The van der Waals surface area contributed by atoms with E-state index in [-0.39, 0.29) is 16.6 Å². The maximum atomic E-state index is 14.5. The summed E-state index contributed by atoms with van der Waals surface area (Å²) in [5, 5.41) is 0. The Labute approximate surface area is 187 Å². The van der Waals surface area contributed by atoms with E-state index in [0.717, 1.165) is 0 Å². The minimum absolute atomic E-state index is 0.189. The Balaban J connectivity index is 1.44. The van der Waals surface area contributed by atoms with Crippen molar-refractivity contribution >= 4 is 27.4 Å². The maximum Gasteiger partial charge on any atom is 0.243 e. The number of hydrogen-bond acceptors (Lipinski definition) is 5. The Morgan fingerprint density at radius 3 is 2.28 bits per heavy atom. The molecule has 7 nitrogen and oxygen atoms in total. The van der Waals surface area contributed by atoms with Crippen molar-refractivity contribution in [3.8, 4) is 0 Å². The molecule has 9 heteroatoms. The monoisotopic (exact) mass is 459 g/mol. The van der Waals surface area contributed by atoms with Crippen molar-refractivity contribution in [1.82, 2.24) is 9.21 Å². The van der Waals surface area contributed by atoms with Crippen LogP contribution in [0.2, 0.25) is 0 Å². The first-order valence-corrected chi connectivity index (χ1v) is 12.1. The number of amides is 1. The standard InChI is InChI=1S/C23H26FN3O4S/c1-17(28)18-9-10-21(20(24)16-18)25-12-14-26(15-13-25)23(29)22-8-5-11-27(22)32(30,31)19-6-3-2-4-7-19/h2-4,6-7,9-10,16,22H,5,8,11-15H2,1H3. The number of piperazine rings is 1. The minimum Gasteiger partial charge on any atom is -0.366 e. The van der Waals surface area contributed by atoms with Crippen LogP contribution in [0.5, 0.6) is 0 Å². The molecule has 1 amide bonds. The second-order valence-electron chi connectivity index (χ2n) is 8.12. The van der Waals surface area contributed by atoms with Gasteiger partial charge in [0.1, 0.15) is 11.9 Å². The van der Waals surface area contributed by atoms with Crippen LogP contribution in [0.4, 0.5) is 10.1 Å². The summed E-state index contributed by atoms with van der Waals surface area (Å²) in [7, 11) is -3.74. The number of anilines is 1. The van der Waals surface area contributed by atoms with E-state index in [4.69, 9.17) is 0 Å². The third-order valence-electron chi connectivity index (χ3n) is 6.12. The molecule has 0 bridgehead atoms. The fourth-order valence-corrected chi connectivity index (χ4v) is 6.04. The number of carbonyl (C=O) groups is 2. The van der Waals surface area contributed by atoms with Gasteiger partial charge in [-0.3, -0.25) is 9.59 Å². The van der Waals surface area contributed by atoms with E-state index < -0.39 is 21.9 Å². The molecular weight excluding hydrogens is 433 g/mol. The highest BCUT2D eigenvalue weighted by atomic mass is 32.2. The summed E-state index contributed by atoms with van der Waals surface area (Å²) < 4.78 is 41.9. The number of nitrogens with zero attached hydrogens (tertiary/aromatic N) is 3. The Hall–Kier alpha value is -2.78. The molecule has 0 saturated carbocycles. The number of hydrogen-bond donors (Lipinski definition) is 0. The summed E-state index contributed by atoms with van der Waals surface area (Å²) in [5.41, 5.74) is 0.720. The molecule has 2 heterocycles. The van der Waals surface area contributed by atoms with Crippen molar-refractivity contribution in [3.05, 3.63) is 59.9 Å². The SMILES string of the molecule is CC(=O)c1ccc(N2CCN(C(=O)C3CCCN3S(=O)(=O)c3ccccc3)CC2)c(F)c1. The van der Waals surface area contributed by atoms with Gasteiger partial charge in [0.15, 0.2) is 5.78 Å². The molecule has 4 rings (SSSR count). The predicted octanol–water partition coefficient (Wildman–Crippen LogP) is 2.53. The summed E-state index contributed by atoms with van der Waals surface area (Å²) in [4.78, 5) is 28.4. The molecular formula is C23H26FN3O4S. The van der Waals surface area contributed by atoms with Gasteiger partial charge in [0, 0.05) is 38.3 Å². The fourth-order valence-electron chi connectivity index (χ4n) is 4.36. The molecule has 2 aliphatic heterocycles. The van der Waals surface area contributed by atoms with Crippen molar-refractivity contribution in [3.63, 3.8) is 0 Å². The van der Waals surface area contributed by atoms with Crippen LogP contribution in [0.3, 0.4) is 0 Å². The highest BCUT2D eigenvalue weighted by molar-refractivity contribution is 7.89. The molecule has 0 radical (unpaired) electrons. The zero-order chi connectivity index (χ0) is 22.9. The highest BCUT2D eigenvalue weighted by Gasteiger charge is 2.41. The van der Waals surface area contributed by atoms with E-state index in [1.807, 2.05) is 4.90 Å². The fraction of sp³-hybridized carbons (Fsp3) is 0.391. The lowest BCUT2D eigenvalue weighted by Crippen LogP contribution is -2.54. The lowest BCUT2D eigenvalue weighted by atomic mass is 10.1. The van der Waals surface area contributed by atoms with Crippen LogP contribution in [0.1, 0.15) is 30.1 Å². The first-order valence-electron chi connectivity index (χ1n) is 10.7. The number of halogens is 1. The van der Waals surface area contributed by atoms with E-state index in [9.17, 15) is 22.4 Å². The molecule has 2 aromatic rings. The molecule has 1 unspecified atom stereocenters. The lowest BCUT2D eigenvalue weighted by Gasteiger charge is -2.38. The molecule has 32 heavy (non-hydrogen) atoms. The molecule has 1 atom stereocenters. The number of sulfonamides is 1. The molecule has 2 aromatic carbocycles. The Morgan fingerprint density at radius 1 is 0.969 bits per heavy atom. The minimum atomic E-state index is -3.74. The maximum absolute atomic E-state index is 14.5. The van der Waals surface area contributed by atoms with Crippen molar-refractivity contribution in [2.45, 2.75) is 30.7 Å². The van der Waals surface area contributed by atoms with Crippen molar-refractivity contribution in [2.75, 3.05) is 37.6 Å². The predicted molar refractivity (Wildman–Crippen MR) is 119 cm³/mol. The Kier molecular flexibility index (Phi) is 6.30. The second-order valence-corrected chi connectivity index (χ2v) is 10.0. The summed E-state index contributed by atoms with van der Waals surface area (Å²) in [6.45, 7) is 3.33. The van der Waals surface area contributed by atoms with Crippen LogP contribution in [0.25, 0.3) is 0 Å². The van der Waals surface area contributed by atoms with Crippen LogP contribution in [-0.4, -0.2) is 68.1 Å². The number of benzene rings is 2. The van der Waals surface area contributed by atoms with Gasteiger partial charge in [-0.25, -0.2) is 12.8 Å². The normalized spacial score (nSPS) is 19.9. The van der Waals surface area contributed by atoms with E-state index in [1.54, 1.807) is 47.4 Å². The van der Waals surface area contributed by atoms with Gasteiger partial charge in [0.2, 0.25) is 15.9 Å². The molecule has 0 aromatic heterocycles. The number of ketones is 1. The number of Topliss-reactive ketones (excluding diaryl/α,β-unsaturated/α-hetero) is 1. The van der Waals surface area contributed by atoms with Gasteiger partial charge in [0.25, 0.3) is 0 Å².